The molecule has 23 heteroatoms. The van der Waals surface area contributed by atoms with Gasteiger partial charge < -0.3 is 48.5 Å². The third-order valence-electron chi connectivity index (χ3n) is 21.3. The molecule has 106 heavy (non-hydrogen) atoms. The average molecular weight is 1480 g/mol. The Morgan fingerprint density at radius 2 is 0.689 bits per heavy atom. The Labute approximate surface area is 638 Å². The first-order valence-electron chi connectivity index (χ1n) is 39.4. The molecule has 0 amide bonds. The molecular formula is C83H139N15O8. The van der Waals surface area contributed by atoms with E-state index in [1.807, 2.05) is 0 Å². The van der Waals surface area contributed by atoms with E-state index in [0.717, 1.165) is 200 Å². The van der Waals surface area contributed by atoms with E-state index >= 15 is 0 Å². The Morgan fingerprint density at radius 1 is 0.377 bits per heavy atom. The Kier molecular flexibility index (Phi) is 35.3. The van der Waals surface area contributed by atoms with E-state index in [2.05, 4.69) is 209 Å². The molecule has 5 aliphatic carbocycles. The first kappa shape index (κ1) is 87.8. The fraction of sp³-hybridized carbons (Fsp3) is 0.759. The van der Waals surface area contributed by atoms with Crippen LogP contribution in [0.3, 0.4) is 0 Å². The van der Waals surface area contributed by atoms with Crippen molar-refractivity contribution < 1.29 is 37.9 Å². The van der Waals surface area contributed by atoms with Crippen molar-refractivity contribution in [3.05, 3.63) is 108 Å². The van der Waals surface area contributed by atoms with Crippen LogP contribution in [0.5, 0.6) is 0 Å². The molecule has 1 aliphatic heterocycles. The van der Waals surface area contributed by atoms with E-state index in [9.17, 15) is 0 Å². The minimum Gasteiger partial charge on any atom is -0.383 e. The highest BCUT2D eigenvalue weighted by Crippen LogP contribution is 2.38. The number of ether oxygens (including phenoxy) is 8. The number of aromatic nitrogens is 10. The maximum absolute atomic E-state index is 5.71. The Morgan fingerprint density at radius 3 is 1.01 bits per heavy atom. The number of rotatable bonds is 30. The summed E-state index contributed by atoms with van der Waals surface area (Å²) < 4.78 is 42.3. The summed E-state index contributed by atoms with van der Waals surface area (Å²) in [5.74, 6) is 4.09. The average Bonchev–Trinajstić information content (AvgIpc) is 0.819. The number of nitrogens with zero attached hydrogens (tertiary/aromatic N) is 13. The molecule has 0 atom stereocenters. The first-order valence-corrected chi connectivity index (χ1v) is 39.4. The number of methoxy groups -OCH3 is 6. The van der Waals surface area contributed by atoms with Gasteiger partial charge in [-0.05, 0) is 119 Å². The predicted octanol–water partition coefficient (Wildman–Crippen LogP) is 12.6. The van der Waals surface area contributed by atoms with E-state index < -0.39 is 0 Å². The standard InChI is InChI=1S/2C18H32N4O2.C17H27N3O.C16H26N2O2.C14H22N2O/c2*1-18(2,3)16-12-17(20-13-19-16)21-14-10-15(11-14)22(6-8-23-4)7-9-24-5;1-17(2,3)16-11-14(18-12-19-16)8-13-9-15(10-13)20-4-6-21-7-5-20;1-16(2,3)15-10-13(17-11-18-15)7-12-8-14(9-12)20-6-5-19-4;1-14(2,3)13-8-11(15-9-16-13)5-10-6-12(7-10)17-4/h2*12-15H,6-11H2,1-5H3,(H,19,20,21);11-13,15H,4-10H2,1-3H3;10-12,14H,5-9H2,1-4H3;8-10,12H,5-7H2,1-4H3. The second kappa shape index (κ2) is 42.7. The normalized spacial score (nSPS) is 23.1. The molecule has 6 heterocycles. The zero-order valence-electron chi connectivity index (χ0n) is 69.2. The molecule has 1 saturated heterocycles. The number of nitrogens with one attached hydrogen (secondary N) is 2. The van der Waals surface area contributed by atoms with Gasteiger partial charge in [0, 0.05) is 186 Å². The second-order valence-corrected chi connectivity index (χ2v) is 35.3. The van der Waals surface area contributed by atoms with Crippen molar-refractivity contribution in [2.75, 3.05) is 145 Å². The van der Waals surface area contributed by atoms with Crippen LogP contribution >= 0.6 is 0 Å². The third kappa shape index (κ3) is 29.8. The lowest BCUT2D eigenvalue weighted by Gasteiger charge is -2.44. The first-order chi connectivity index (χ1) is 50.4. The summed E-state index contributed by atoms with van der Waals surface area (Å²) in [7, 11) is 10.5. The molecule has 5 aromatic heterocycles. The summed E-state index contributed by atoms with van der Waals surface area (Å²) in [5.41, 5.74) is 9.45. The van der Waals surface area contributed by atoms with Crippen LogP contribution in [0, 0.1) is 17.8 Å². The lowest BCUT2D eigenvalue weighted by molar-refractivity contribution is -0.0472. The van der Waals surface area contributed by atoms with Gasteiger partial charge in [0.05, 0.1) is 76.5 Å². The van der Waals surface area contributed by atoms with Gasteiger partial charge in [0.15, 0.2) is 0 Å². The van der Waals surface area contributed by atoms with Crippen LogP contribution < -0.4 is 10.6 Å². The maximum Gasteiger partial charge on any atom is 0.129 e. The van der Waals surface area contributed by atoms with E-state index in [0.29, 0.717) is 55.5 Å². The molecule has 11 rings (SSSR count). The highest BCUT2D eigenvalue weighted by atomic mass is 16.5. The molecule has 6 fully saturated rings. The van der Waals surface area contributed by atoms with E-state index in [1.165, 1.54) is 37.1 Å². The van der Waals surface area contributed by atoms with Crippen molar-refractivity contribution in [1.82, 2.24) is 64.5 Å². The molecule has 6 aliphatic rings. The van der Waals surface area contributed by atoms with Crippen molar-refractivity contribution in [3.8, 4) is 0 Å². The smallest absolute Gasteiger partial charge is 0.129 e. The highest BCUT2D eigenvalue weighted by Gasteiger charge is 2.38. The van der Waals surface area contributed by atoms with Crippen molar-refractivity contribution in [1.29, 1.82) is 0 Å². The third-order valence-corrected chi connectivity index (χ3v) is 21.3. The summed E-state index contributed by atoms with van der Waals surface area (Å²) in [6.07, 6.45) is 24.3. The van der Waals surface area contributed by atoms with Crippen LogP contribution in [0.1, 0.15) is 214 Å². The fourth-order valence-corrected chi connectivity index (χ4v) is 14.0. The molecule has 2 N–H and O–H groups in total. The molecule has 5 aromatic rings. The van der Waals surface area contributed by atoms with Crippen LogP contribution in [-0.2, 0) is 84.2 Å². The van der Waals surface area contributed by atoms with Gasteiger partial charge in [0.2, 0.25) is 0 Å². The quantitative estimate of drug-likeness (QED) is 0.0406. The van der Waals surface area contributed by atoms with E-state index in [4.69, 9.17) is 37.9 Å². The number of morpholine rings is 1. The van der Waals surface area contributed by atoms with Gasteiger partial charge in [-0.1, -0.05) is 104 Å². The molecule has 0 spiro atoms. The van der Waals surface area contributed by atoms with Crippen molar-refractivity contribution >= 4 is 11.6 Å². The zero-order chi connectivity index (χ0) is 77.1. The van der Waals surface area contributed by atoms with Gasteiger partial charge in [0.25, 0.3) is 0 Å². The SMILES string of the molecule is CC(C)(C)c1cc(CC2CC(N3CCOCC3)C2)ncn1.COC1CC(Cc2cc(C(C)(C)C)ncn2)C1.COCCN(CCOC)C1CC(Nc2cc(C(C)(C)C)ncn2)C1.COCCN(CCOC)C1CC(Nc2cc(C(C)(C)C)ncn2)C1.COCCOC1CC(Cc2cc(C(C)(C)C)ncn2)C1. The van der Waals surface area contributed by atoms with E-state index in [-0.39, 0.29) is 27.1 Å². The van der Waals surface area contributed by atoms with Crippen molar-refractivity contribution in [2.24, 2.45) is 17.8 Å². The summed E-state index contributed by atoms with van der Waals surface area (Å²) >= 11 is 0. The Hall–Kier alpha value is -5.44. The topological polar surface area (TPSA) is 237 Å². The maximum atomic E-state index is 5.71. The lowest BCUT2D eigenvalue weighted by Crippen LogP contribution is -2.51. The molecule has 5 saturated carbocycles. The van der Waals surface area contributed by atoms with Gasteiger partial charge in [-0.25, -0.2) is 49.8 Å². The van der Waals surface area contributed by atoms with Crippen LogP contribution in [0.4, 0.5) is 11.6 Å². The minimum atomic E-state index is 0.0403. The van der Waals surface area contributed by atoms with Crippen LogP contribution in [0.15, 0.2) is 62.0 Å². The zero-order valence-corrected chi connectivity index (χ0v) is 69.2. The molecule has 594 valence electrons. The number of hydrogen-bond donors (Lipinski definition) is 2. The Bertz CT molecular complexity index is 3160. The molecule has 0 radical (unpaired) electrons. The summed E-state index contributed by atoms with van der Waals surface area (Å²) in [4.78, 5) is 51.4. The fourth-order valence-electron chi connectivity index (χ4n) is 14.0. The summed E-state index contributed by atoms with van der Waals surface area (Å²) in [6, 6.07) is 13.6. The van der Waals surface area contributed by atoms with Crippen LogP contribution in [-0.4, -0.2) is 242 Å². The van der Waals surface area contributed by atoms with Gasteiger partial charge in [-0.3, -0.25) is 14.7 Å². The van der Waals surface area contributed by atoms with Gasteiger partial charge in [-0.15, -0.1) is 0 Å². The highest BCUT2D eigenvalue weighted by molar-refractivity contribution is 5.40. The van der Waals surface area contributed by atoms with Gasteiger partial charge in [-0.2, -0.15) is 0 Å². The van der Waals surface area contributed by atoms with E-state index in [1.54, 1.807) is 74.3 Å². The van der Waals surface area contributed by atoms with Gasteiger partial charge in [0.1, 0.15) is 43.3 Å². The van der Waals surface area contributed by atoms with Gasteiger partial charge >= 0.3 is 0 Å². The second-order valence-electron chi connectivity index (χ2n) is 35.3. The molecule has 23 nitrogen and oxygen atoms in total. The molecule has 0 unspecified atom stereocenters. The summed E-state index contributed by atoms with van der Waals surface area (Å²) in [6.45, 7) is 45.0. The molecular weight excluding hydrogens is 1340 g/mol. The monoisotopic (exact) mass is 1470 g/mol. The minimum absolute atomic E-state index is 0.0403. The number of hydrogen-bond acceptors (Lipinski definition) is 23. The lowest BCUT2D eigenvalue weighted by atomic mass is 9.76. The largest absolute Gasteiger partial charge is 0.383 e. The van der Waals surface area contributed by atoms with Crippen molar-refractivity contribution in [3.63, 3.8) is 0 Å². The number of anilines is 2. The Balaban J connectivity index is 0.000000186. The van der Waals surface area contributed by atoms with Crippen LogP contribution in [0.2, 0.25) is 0 Å². The predicted molar refractivity (Wildman–Crippen MR) is 423 cm³/mol. The summed E-state index contributed by atoms with van der Waals surface area (Å²) in [5, 5.41) is 7.10. The van der Waals surface area contributed by atoms with Crippen LogP contribution in [0.25, 0.3) is 0 Å². The molecule has 0 bridgehead atoms. The molecule has 0 aromatic carbocycles. The van der Waals surface area contributed by atoms with Crippen molar-refractivity contribution in [2.45, 2.75) is 257 Å².